The molecule has 20 heavy (non-hydrogen) atoms. The van der Waals surface area contributed by atoms with Crippen molar-refractivity contribution in [2.75, 3.05) is 13.1 Å². The van der Waals surface area contributed by atoms with E-state index in [-0.39, 0.29) is 24.4 Å². The molecule has 2 heterocycles. The number of carboxylic acid groups (broad SMARTS) is 1. The summed E-state index contributed by atoms with van der Waals surface area (Å²) < 4.78 is 0. The zero-order valence-electron chi connectivity index (χ0n) is 11.2. The second-order valence-electron chi connectivity index (χ2n) is 4.97. The third kappa shape index (κ3) is 3.65. The molecule has 1 aromatic heterocycles. The minimum absolute atomic E-state index is 0.159. The van der Waals surface area contributed by atoms with Gasteiger partial charge in [-0.15, -0.1) is 10.2 Å². The van der Waals surface area contributed by atoms with Crippen LogP contribution in [-0.4, -0.2) is 55.7 Å². The average Bonchev–Trinajstić information content (AvgIpc) is 2.92. The maximum Gasteiger partial charge on any atom is 0.317 e. The molecule has 0 spiro atoms. The predicted octanol–water partition coefficient (Wildman–Crippen LogP) is 0.157. The number of nitrogens with one attached hydrogen (secondary N) is 2. The van der Waals surface area contributed by atoms with Gasteiger partial charge in [0.25, 0.3) is 0 Å². The van der Waals surface area contributed by atoms with Gasteiger partial charge in [0.1, 0.15) is 0 Å². The molecule has 1 aromatic rings. The highest BCUT2D eigenvalue weighted by Gasteiger charge is 2.25. The van der Waals surface area contributed by atoms with E-state index in [4.69, 9.17) is 5.11 Å². The van der Waals surface area contributed by atoms with Crippen LogP contribution in [0.2, 0.25) is 0 Å². The third-order valence-corrected chi connectivity index (χ3v) is 3.45. The average molecular weight is 282 g/mol. The number of carbonyl (C=O) groups excluding carboxylic acids is 1. The normalized spacial score (nSPS) is 17.8. The van der Waals surface area contributed by atoms with E-state index in [1.165, 1.54) is 0 Å². The van der Waals surface area contributed by atoms with Crippen molar-refractivity contribution in [1.82, 2.24) is 30.8 Å². The molecule has 1 aliphatic heterocycles. The van der Waals surface area contributed by atoms with E-state index >= 15 is 0 Å². The number of rotatable bonds is 4. The summed E-state index contributed by atoms with van der Waals surface area (Å²) in [6.07, 6.45) is 1.61. The number of hydrogen-bond donors (Lipinski definition) is 3. The summed E-state index contributed by atoms with van der Waals surface area (Å²) in [7, 11) is 0. The Morgan fingerprint density at radius 2 is 2.20 bits per heavy atom. The molecule has 0 aromatic carbocycles. The summed E-state index contributed by atoms with van der Waals surface area (Å²) in [6, 6.07) is -0.505. The fourth-order valence-electron chi connectivity index (χ4n) is 2.28. The van der Waals surface area contributed by atoms with Gasteiger partial charge in [-0.1, -0.05) is 5.21 Å². The Balaban J connectivity index is 1.78. The van der Waals surface area contributed by atoms with Crippen LogP contribution in [0.3, 0.4) is 0 Å². The van der Waals surface area contributed by atoms with Crippen LogP contribution in [0.4, 0.5) is 4.79 Å². The molecular weight excluding hydrogens is 264 g/mol. The van der Waals surface area contributed by atoms with Crippen molar-refractivity contribution >= 4 is 12.0 Å². The van der Waals surface area contributed by atoms with E-state index in [0.717, 1.165) is 12.8 Å². The second-order valence-corrected chi connectivity index (χ2v) is 4.97. The van der Waals surface area contributed by atoms with Gasteiger partial charge >= 0.3 is 12.0 Å². The van der Waals surface area contributed by atoms with E-state index in [1.807, 2.05) is 0 Å². The molecule has 1 unspecified atom stereocenters. The van der Waals surface area contributed by atoms with E-state index < -0.39 is 5.97 Å². The Kier molecular flexibility index (Phi) is 4.49. The SMILES string of the molecule is CC(NC(=O)N1CCC(CC(=O)O)CC1)c1nn[nH]n1. The molecule has 0 saturated carbocycles. The lowest BCUT2D eigenvalue weighted by molar-refractivity contribution is -0.138. The lowest BCUT2D eigenvalue weighted by Gasteiger charge is -2.32. The van der Waals surface area contributed by atoms with Crippen molar-refractivity contribution in [3.8, 4) is 0 Å². The number of nitrogens with zero attached hydrogens (tertiary/aromatic N) is 4. The molecule has 1 fully saturated rings. The van der Waals surface area contributed by atoms with Gasteiger partial charge in [-0.2, -0.15) is 5.21 Å². The highest BCUT2D eigenvalue weighted by Crippen LogP contribution is 2.20. The molecule has 1 saturated heterocycles. The number of likely N-dealkylation sites (tertiary alicyclic amines) is 1. The number of carbonyl (C=O) groups is 2. The standard InChI is InChI=1S/C11H18N6O3/c1-7(10-13-15-16-14-10)12-11(20)17-4-2-8(3-5-17)6-9(18)19/h7-8H,2-6H2,1H3,(H,12,20)(H,18,19)(H,13,14,15,16). The van der Waals surface area contributed by atoms with Crippen LogP contribution in [0, 0.1) is 5.92 Å². The third-order valence-electron chi connectivity index (χ3n) is 3.45. The molecule has 9 heteroatoms. The molecule has 2 rings (SSSR count). The minimum Gasteiger partial charge on any atom is -0.481 e. The number of carboxylic acids is 1. The number of H-pyrrole nitrogens is 1. The molecule has 0 bridgehead atoms. The van der Waals surface area contributed by atoms with Gasteiger partial charge in [0.2, 0.25) is 0 Å². The highest BCUT2D eigenvalue weighted by molar-refractivity contribution is 5.74. The summed E-state index contributed by atoms with van der Waals surface area (Å²) in [4.78, 5) is 24.4. The van der Waals surface area contributed by atoms with Crippen molar-refractivity contribution in [3.63, 3.8) is 0 Å². The number of urea groups is 1. The Labute approximate surface area is 115 Å². The van der Waals surface area contributed by atoms with Crippen LogP contribution in [-0.2, 0) is 4.79 Å². The van der Waals surface area contributed by atoms with Crippen LogP contribution in [0.15, 0.2) is 0 Å². The summed E-state index contributed by atoms with van der Waals surface area (Å²) in [5.41, 5.74) is 0. The van der Waals surface area contributed by atoms with Crippen molar-refractivity contribution in [1.29, 1.82) is 0 Å². The van der Waals surface area contributed by atoms with Gasteiger partial charge < -0.3 is 15.3 Å². The number of aliphatic carboxylic acids is 1. The summed E-state index contributed by atoms with van der Waals surface area (Å²) in [5.74, 6) is -0.191. The number of hydrogen-bond acceptors (Lipinski definition) is 5. The molecule has 0 radical (unpaired) electrons. The van der Waals surface area contributed by atoms with E-state index in [0.29, 0.717) is 18.9 Å². The van der Waals surface area contributed by atoms with Crippen molar-refractivity contribution in [2.45, 2.75) is 32.2 Å². The summed E-state index contributed by atoms with van der Waals surface area (Å²) in [6.45, 7) is 2.92. The van der Waals surface area contributed by atoms with Crippen LogP contribution in [0.25, 0.3) is 0 Å². The highest BCUT2D eigenvalue weighted by atomic mass is 16.4. The van der Waals surface area contributed by atoms with Gasteiger partial charge in [0, 0.05) is 19.5 Å². The molecule has 0 aliphatic carbocycles. The fraction of sp³-hybridized carbons (Fsp3) is 0.727. The largest absolute Gasteiger partial charge is 0.481 e. The zero-order valence-corrected chi connectivity index (χ0v) is 11.2. The first-order chi connectivity index (χ1) is 9.56. The van der Waals surface area contributed by atoms with Gasteiger partial charge in [0.05, 0.1) is 6.04 Å². The molecule has 3 N–H and O–H groups in total. The van der Waals surface area contributed by atoms with E-state index in [1.54, 1.807) is 11.8 Å². The first-order valence-electron chi connectivity index (χ1n) is 6.57. The van der Waals surface area contributed by atoms with Crippen molar-refractivity contribution < 1.29 is 14.7 Å². The lowest BCUT2D eigenvalue weighted by Crippen LogP contribution is -2.45. The fourth-order valence-corrected chi connectivity index (χ4v) is 2.28. The number of piperidine rings is 1. The Bertz CT molecular complexity index is 455. The van der Waals surface area contributed by atoms with Crippen LogP contribution < -0.4 is 5.32 Å². The number of amides is 2. The molecule has 110 valence electrons. The van der Waals surface area contributed by atoms with Gasteiger partial charge in [0.15, 0.2) is 5.82 Å². The Hall–Kier alpha value is -2.19. The quantitative estimate of drug-likeness (QED) is 0.722. The zero-order chi connectivity index (χ0) is 14.5. The Morgan fingerprint density at radius 3 is 2.75 bits per heavy atom. The topological polar surface area (TPSA) is 124 Å². The molecular formula is C11H18N6O3. The second kappa shape index (κ2) is 6.31. The lowest BCUT2D eigenvalue weighted by atomic mass is 9.94. The van der Waals surface area contributed by atoms with Crippen LogP contribution >= 0.6 is 0 Å². The smallest absolute Gasteiger partial charge is 0.317 e. The maximum absolute atomic E-state index is 12.0. The molecule has 1 atom stereocenters. The molecule has 1 aliphatic rings. The van der Waals surface area contributed by atoms with Gasteiger partial charge in [-0.05, 0) is 25.7 Å². The number of aromatic nitrogens is 4. The maximum atomic E-state index is 12.0. The first-order valence-corrected chi connectivity index (χ1v) is 6.57. The van der Waals surface area contributed by atoms with E-state index in [2.05, 4.69) is 25.9 Å². The summed E-state index contributed by atoms with van der Waals surface area (Å²) in [5, 5.41) is 25.0. The number of aromatic amines is 1. The van der Waals surface area contributed by atoms with Crippen LogP contribution in [0.1, 0.15) is 38.1 Å². The van der Waals surface area contributed by atoms with Crippen LogP contribution in [0.5, 0.6) is 0 Å². The molecule has 2 amide bonds. The van der Waals surface area contributed by atoms with Crippen molar-refractivity contribution in [2.24, 2.45) is 5.92 Å². The minimum atomic E-state index is -0.779. The molecule has 9 nitrogen and oxygen atoms in total. The number of tetrazole rings is 1. The first kappa shape index (κ1) is 14.2. The predicted molar refractivity (Wildman–Crippen MR) is 67.7 cm³/mol. The van der Waals surface area contributed by atoms with Crippen molar-refractivity contribution in [3.05, 3.63) is 5.82 Å². The monoisotopic (exact) mass is 282 g/mol. The summed E-state index contributed by atoms with van der Waals surface area (Å²) >= 11 is 0. The Morgan fingerprint density at radius 1 is 1.50 bits per heavy atom. The van der Waals surface area contributed by atoms with E-state index in [9.17, 15) is 9.59 Å². The van der Waals surface area contributed by atoms with Gasteiger partial charge in [-0.25, -0.2) is 4.79 Å². The van der Waals surface area contributed by atoms with Gasteiger partial charge in [-0.3, -0.25) is 4.79 Å².